The van der Waals surface area contributed by atoms with Gasteiger partial charge in [0, 0.05) is 38.8 Å². The normalized spacial score (nSPS) is 18.6. The molecule has 0 spiro atoms. The first-order chi connectivity index (χ1) is 12.6. The quantitative estimate of drug-likeness (QED) is 0.642. The molecule has 7 heteroatoms. The summed E-state index contributed by atoms with van der Waals surface area (Å²) in [7, 11) is 0. The van der Waals surface area contributed by atoms with Crippen LogP contribution in [0.5, 0.6) is 0 Å². The van der Waals surface area contributed by atoms with Crippen LogP contribution in [0.2, 0.25) is 0 Å². The summed E-state index contributed by atoms with van der Waals surface area (Å²) in [6.45, 7) is 7.66. The number of anilines is 1. The van der Waals surface area contributed by atoms with E-state index in [4.69, 9.17) is 21.7 Å². The molecule has 26 heavy (non-hydrogen) atoms. The van der Waals surface area contributed by atoms with Crippen LogP contribution < -0.4 is 5.32 Å². The smallest absolute Gasteiger partial charge is 0.221 e. The molecule has 2 aliphatic rings. The minimum atomic E-state index is -0.0733. The molecule has 1 aromatic rings. The molecule has 6 nitrogen and oxygen atoms in total. The first-order valence-electron chi connectivity index (χ1n) is 8.92. The average molecular weight is 375 g/mol. The molecule has 1 amide bonds. The molecule has 0 unspecified atom stereocenters. The summed E-state index contributed by atoms with van der Waals surface area (Å²) in [6, 6.07) is 7.80. The minimum absolute atomic E-state index is 0.0733. The van der Waals surface area contributed by atoms with Crippen LogP contribution in [0.1, 0.15) is 12.5 Å². The third-order valence-electron chi connectivity index (χ3n) is 4.40. The van der Waals surface area contributed by atoms with E-state index in [1.807, 2.05) is 24.3 Å². The average Bonchev–Trinajstić information content (AvgIpc) is 2.68. The third kappa shape index (κ3) is 5.03. The molecular formula is C19H25N3O3S. The van der Waals surface area contributed by atoms with Gasteiger partial charge in [0.25, 0.3) is 0 Å². The monoisotopic (exact) mass is 375 g/mol. The number of rotatable bonds is 4. The standard InChI is InChI=1S/C19H25N3O3S/c1-15(23)20-17-4-2-16(3-5-17)14-18(21-6-10-24-11-7-21)19(26)22-8-12-25-13-9-22/h2-5,14H,6-13H2,1H3,(H,20,23). The predicted octanol–water partition coefficient (Wildman–Crippen LogP) is 1.98. The second-order valence-corrected chi connectivity index (χ2v) is 6.72. The zero-order chi connectivity index (χ0) is 18.4. The molecule has 0 aliphatic carbocycles. The molecule has 0 aromatic heterocycles. The van der Waals surface area contributed by atoms with Gasteiger partial charge in [-0.1, -0.05) is 24.4 Å². The van der Waals surface area contributed by atoms with Crippen molar-refractivity contribution in [3.05, 3.63) is 35.5 Å². The second-order valence-electron chi connectivity index (χ2n) is 6.34. The maximum absolute atomic E-state index is 11.2. The number of benzene rings is 1. The molecule has 1 N–H and O–H groups in total. The Balaban J connectivity index is 1.82. The number of nitrogens with one attached hydrogen (secondary N) is 1. The van der Waals surface area contributed by atoms with Gasteiger partial charge in [0.15, 0.2) is 0 Å². The van der Waals surface area contributed by atoms with Crippen molar-refractivity contribution in [3.8, 4) is 0 Å². The number of ether oxygens (including phenoxy) is 2. The largest absolute Gasteiger partial charge is 0.378 e. The van der Waals surface area contributed by atoms with Crippen LogP contribution in [0.4, 0.5) is 5.69 Å². The Morgan fingerprint density at radius 3 is 2.08 bits per heavy atom. The Kier molecular flexibility index (Phi) is 6.60. The lowest BCUT2D eigenvalue weighted by atomic mass is 10.1. The first-order valence-corrected chi connectivity index (χ1v) is 9.33. The molecule has 0 radical (unpaired) electrons. The Hall–Kier alpha value is -1.96. The molecule has 1 aromatic carbocycles. The molecule has 2 heterocycles. The van der Waals surface area contributed by atoms with Gasteiger partial charge in [-0.15, -0.1) is 0 Å². The predicted molar refractivity (Wildman–Crippen MR) is 106 cm³/mol. The van der Waals surface area contributed by atoms with E-state index in [9.17, 15) is 4.79 Å². The van der Waals surface area contributed by atoms with Crippen LogP contribution in [-0.2, 0) is 14.3 Å². The Morgan fingerprint density at radius 1 is 1.00 bits per heavy atom. The van der Waals surface area contributed by atoms with Gasteiger partial charge in [-0.2, -0.15) is 0 Å². The lowest BCUT2D eigenvalue weighted by molar-refractivity contribution is -0.114. The number of hydrogen-bond donors (Lipinski definition) is 1. The fourth-order valence-corrected chi connectivity index (χ4v) is 3.42. The highest BCUT2D eigenvalue weighted by atomic mass is 32.1. The molecule has 2 saturated heterocycles. The number of thiocarbonyl (C=S) groups is 1. The number of hydrogen-bond acceptors (Lipinski definition) is 5. The van der Waals surface area contributed by atoms with Gasteiger partial charge < -0.3 is 24.6 Å². The van der Waals surface area contributed by atoms with Crippen LogP contribution in [0.15, 0.2) is 30.0 Å². The van der Waals surface area contributed by atoms with Crippen molar-refractivity contribution in [2.45, 2.75) is 6.92 Å². The highest BCUT2D eigenvalue weighted by Crippen LogP contribution is 2.19. The van der Waals surface area contributed by atoms with Crippen molar-refractivity contribution in [1.29, 1.82) is 0 Å². The van der Waals surface area contributed by atoms with Crippen LogP contribution in [-0.4, -0.2) is 73.3 Å². The zero-order valence-electron chi connectivity index (χ0n) is 15.1. The first kappa shape index (κ1) is 18.8. The zero-order valence-corrected chi connectivity index (χ0v) is 15.9. The summed E-state index contributed by atoms with van der Waals surface area (Å²) in [5.74, 6) is -0.0733. The summed E-state index contributed by atoms with van der Waals surface area (Å²) in [4.78, 5) is 16.5. The number of carbonyl (C=O) groups excluding carboxylic acids is 1. The van der Waals surface area contributed by atoms with Gasteiger partial charge in [0.1, 0.15) is 4.99 Å². The van der Waals surface area contributed by atoms with Gasteiger partial charge in [0.2, 0.25) is 5.91 Å². The highest BCUT2D eigenvalue weighted by Gasteiger charge is 2.23. The molecule has 3 rings (SSSR count). The maximum Gasteiger partial charge on any atom is 0.221 e. The molecule has 0 saturated carbocycles. The lowest BCUT2D eigenvalue weighted by Crippen LogP contribution is -2.45. The molecular weight excluding hydrogens is 350 g/mol. The van der Waals surface area contributed by atoms with E-state index in [2.05, 4.69) is 21.2 Å². The molecule has 140 valence electrons. The van der Waals surface area contributed by atoms with E-state index in [0.29, 0.717) is 26.4 Å². The van der Waals surface area contributed by atoms with Crippen molar-refractivity contribution >= 4 is 34.9 Å². The van der Waals surface area contributed by atoms with Gasteiger partial charge in [-0.05, 0) is 23.8 Å². The van der Waals surface area contributed by atoms with Crippen molar-refractivity contribution < 1.29 is 14.3 Å². The molecule has 2 aliphatic heterocycles. The van der Waals surface area contributed by atoms with Crippen molar-refractivity contribution in [3.63, 3.8) is 0 Å². The highest BCUT2D eigenvalue weighted by molar-refractivity contribution is 7.80. The van der Waals surface area contributed by atoms with E-state index >= 15 is 0 Å². The van der Waals surface area contributed by atoms with E-state index < -0.39 is 0 Å². The second kappa shape index (κ2) is 9.12. The summed E-state index contributed by atoms with van der Waals surface area (Å²) in [6.07, 6.45) is 2.13. The van der Waals surface area contributed by atoms with Crippen LogP contribution in [0.3, 0.4) is 0 Å². The number of carbonyl (C=O) groups is 1. The summed E-state index contributed by atoms with van der Waals surface area (Å²) < 4.78 is 10.9. The summed E-state index contributed by atoms with van der Waals surface area (Å²) >= 11 is 5.82. The van der Waals surface area contributed by atoms with Crippen molar-refractivity contribution in [1.82, 2.24) is 9.80 Å². The number of amides is 1. The Morgan fingerprint density at radius 2 is 1.54 bits per heavy atom. The van der Waals surface area contributed by atoms with Crippen molar-refractivity contribution in [2.75, 3.05) is 57.9 Å². The van der Waals surface area contributed by atoms with Crippen LogP contribution in [0.25, 0.3) is 6.08 Å². The van der Waals surface area contributed by atoms with E-state index in [1.165, 1.54) is 6.92 Å². The summed E-state index contributed by atoms with van der Waals surface area (Å²) in [5, 5.41) is 2.79. The molecule has 0 atom stereocenters. The third-order valence-corrected chi connectivity index (χ3v) is 4.87. The van der Waals surface area contributed by atoms with Crippen molar-refractivity contribution in [2.24, 2.45) is 0 Å². The topological polar surface area (TPSA) is 54.0 Å². The number of nitrogens with zero attached hydrogens (tertiary/aromatic N) is 2. The van der Waals surface area contributed by atoms with Gasteiger partial charge in [-0.3, -0.25) is 4.79 Å². The van der Waals surface area contributed by atoms with Crippen LogP contribution >= 0.6 is 12.2 Å². The summed E-state index contributed by atoms with van der Waals surface area (Å²) in [5.41, 5.74) is 2.90. The van der Waals surface area contributed by atoms with Crippen LogP contribution in [0, 0.1) is 0 Å². The van der Waals surface area contributed by atoms with E-state index in [-0.39, 0.29) is 5.91 Å². The Labute approximate surface area is 159 Å². The van der Waals surface area contributed by atoms with Gasteiger partial charge in [0.05, 0.1) is 32.1 Å². The maximum atomic E-state index is 11.2. The number of morpholine rings is 2. The minimum Gasteiger partial charge on any atom is -0.378 e. The lowest BCUT2D eigenvalue weighted by Gasteiger charge is -2.36. The SMILES string of the molecule is CC(=O)Nc1ccc(C=C(C(=S)N2CCOCC2)N2CCOCC2)cc1. The van der Waals surface area contributed by atoms with E-state index in [1.54, 1.807) is 0 Å². The Bertz CT molecular complexity index is 663. The molecule has 2 fully saturated rings. The van der Waals surface area contributed by atoms with Gasteiger partial charge >= 0.3 is 0 Å². The fourth-order valence-electron chi connectivity index (χ4n) is 3.04. The van der Waals surface area contributed by atoms with Gasteiger partial charge in [-0.25, -0.2) is 0 Å². The fraction of sp³-hybridized carbons (Fsp3) is 0.474. The molecule has 0 bridgehead atoms. The van der Waals surface area contributed by atoms with E-state index in [0.717, 1.165) is 48.1 Å².